The number of aryl methyl sites for hydroxylation is 1. The summed E-state index contributed by atoms with van der Waals surface area (Å²) in [6.45, 7) is 4.24. The maximum absolute atomic E-state index is 12.7. The van der Waals surface area contributed by atoms with Crippen molar-refractivity contribution in [3.05, 3.63) is 65.9 Å². The lowest BCUT2D eigenvalue weighted by molar-refractivity contribution is -0.125. The van der Waals surface area contributed by atoms with Crippen molar-refractivity contribution in [2.24, 2.45) is 5.92 Å². The van der Waals surface area contributed by atoms with Crippen molar-refractivity contribution in [3.8, 4) is 0 Å². The molecule has 1 fully saturated rings. The van der Waals surface area contributed by atoms with E-state index in [4.69, 9.17) is 4.98 Å². The van der Waals surface area contributed by atoms with Crippen molar-refractivity contribution < 1.29 is 4.79 Å². The Hall–Kier alpha value is -2.95. The molecule has 3 aromatic rings. The average Bonchev–Trinajstić information content (AvgIpc) is 2.73. The Kier molecular flexibility index (Phi) is 5.01. The van der Waals surface area contributed by atoms with Crippen LogP contribution in [-0.4, -0.2) is 29.0 Å². The van der Waals surface area contributed by atoms with Crippen LogP contribution in [0.1, 0.15) is 24.0 Å². The molecule has 0 saturated carbocycles. The highest BCUT2D eigenvalue weighted by molar-refractivity contribution is 5.80. The van der Waals surface area contributed by atoms with Crippen LogP contribution in [0.15, 0.2) is 54.7 Å². The molecule has 1 saturated heterocycles. The number of para-hydroxylation sites is 2. The molecule has 27 heavy (non-hydrogen) atoms. The van der Waals surface area contributed by atoms with E-state index >= 15 is 0 Å². The van der Waals surface area contributed by atoms with Crippen LogP contribution in [0.25, 0.3) is 11.0 Å². The second kappa shape index (κ2) is 7.74. The molecular formula is C22H24N4O. The van der Waals surface area contributed by atoms with E-state index in [0.717, 1.165) is 41.8 Å². The van der Waals surface area contributed by atoms with Crippen LogP contribution in [0.5, 0.6) is 0 Å². The Morgan fingerprint density at radius 1 is 1.15 bits per heavy atom. The normalized spacial score (nSPS) is 17.1. The Morgan fingerprint density at radius 2 is 1.93 bits per heavy atom. The average molecular weight is 360 g/mol. The number of carbonyl (C=O) groups excluding carboxylic acids is 1. The highest BCUT2D eigenvalue weighted by Crippen LogP contribution is 2.23. The van der Waals surface area contributed by atoms with Crippen LogP contribution < -0.4 is 10.2 Å². The van der Waals surface area contributed by atoms with Gasteiger partial charge >= 0.3 is 0 Å². The van der Waals surface area contributed by atoms with E-state index in [0.29, 0.717) is 13.1 Å². The fraction of sp³-hybridized carbons (Fsp3) is 0.318. The van der Waals surface area contributed by atoms with Crippen LogP contribution in [0.3, 0.4) is 0 Å². The number of nitrogens with one attached hydrogen (secondary N) is 1. The van der Waals surface area contributed by atoms with E-state index in [1.807, 2.05) is 30.5 Å². The lowest BCUT2D eigenvalue weighted by Crippen LogP contribution is -2.43. The lowest BCUT2D eigenvalue weighted by Gasteiger charge is -2.32. The number of aromatic nitrogens is 2. The number of fused-ring (bicyclic) bond motifs is 1. The SMILES string of the molecule is Cc1ccc(CNC(=O)[C@H]2CCCN(c3cnc4ccccc4n3)C2)cc1. The third-order valence-corrected chi connectivity index (χ3v) is 5.14. The van der Waals surface area contributed by atoms with Gasteiger partial charge in [-0.15, -0.1) is 0 Å². The number of piperidine rings is 1. The highest BCUT2D eigenvalue weighted by atomic mass is 16.1. The minimum atomic E-state index is -0.0162. The van der Waals surface area contributed by atoms with Crippen LogP contribution in [0.2, 0.25) is 0 Å². The molecule has 0 radical (unpaired) electrons. The number of hydrogen-bond donors (Lipinski definition) is 1. The molecule has 5 heteroatoms. The second-order valence-electron chi connectivity index (χ2n) is 7.21. The van der Waals surface area contributed by atoms with Gasteiger partial charge in [0.15, 0.2) is 0 Å². The van der Waals surface area contributed by atoms with E-state index in [1.165, 1.54) is 5.56 Å². The zero-order valence-corrected chi connectivity index (χ0v) is 15.6. The van der Waals surface area contributed by atoms with E-state index in [2.05, 4.69) is 46.4 Å². The molecule has 1 N–H and O–H groups in total. The lowest BCUT2D eigenvalue weighted by atomic mass is 9.97. The van der Waals surface area contributed by atoms with Crippen LogP contribution >= 0.6 is 0 Å². The first-order valence-corrected chi connectivity index (χ1v) is 9.49. The largest absolute Gasteiger partial charge is 0.355 e. The van der Waals surface area contributed by atoms with Crippen molar-refractivity contribution in [2.75, 3.05) is 18.0 Å². The number of rotatable bonds is 4. The van der Waals surface area contributed by atoms with Crippen LogP contribution in [0, 0.1) is 12.8 Å². The third-order valence-electron chi connectivity index (χ3n) is 5.14. The fourth-order valence-corrected chi connectivity index (χ4v) is 3.54. The summed E-state index contributed by atoms with van der Waals surface area (Å²) in [5.41, 5.74) is 4.14. The van der Waals surface area contributed by atoms with Gasteiger partial charge in [0.25, 0.3) is 0 Å². The van der Waals surface area contributed by atoms with Crippen LogP contribution in [-0.2, 0) is 11.3 Å². The Bertz CT molecular complexity index is 938. The maximum atomic E-state index is 12.7. The Labute approximate surface area is 159 Å². The molecule has 1 atom stereocenters. The summed E-state index contributed by atoms with van der Waals surface area (Å²) in [6, 6.07) is 16.1. The Balaban J connectivity index is 1.40. The molecule has 1 amide bonds. The number of nitrogens with zero attached hydrogens (tertiary/aromatic N) is 3. The Morgan fingerprint density at radius 3 is 2.74 bits per heavy atom. The number of carbonyl (C=O) groups is 1. The summed E-state index contributed by atoms with van der Waals surface area (Å²) in [4.78, 5) is 24.1. The molecule has 0 spiro atoms. The molecule has 138 valence electrons. The van der Waals surface area contributed by atoms with Crippen molar-refractivity contribution >= 4 is 22.8 Å². The quantitative estimate of drug-likeness (QED) is 0.774. The molecular weight excluding hydrogens is 336 g/mol. The van der Waals surface area contributed by atoms with Gasteiger partial charge in [-0.3, -0.25) is 9.78 Å². The topological polar surface area (TPSA) is 58.1 Å². The molecule has 0 bridgehead atoms. The van der Waals surface area contributed by atoms with Gasteiger partial charge < -0.3 is 10.2 Å². The summed E-state index contributed by atoms with van der Waals surface area (Å²) in [5, 5.41) is 3.09. The molecule has 1 aliphatic heterocycles. The predicted molar refractivity (Wildman–Crippen MR) is 108 cm³/mol. The monoisotopic (exact) mass is 360 g/mol. The first-order valence-electron chi connectivity index (χ1n) is 9.49. The highest BCUT2D eigenvalue weighted by Gasteiger charge is 2.26. The van der Waals surface area contributed by atoms with Gasteiger partial charge in [0.05, 0.1) is 23.1 Å². The number of amides is 1. The summed E-state index contributed by atoms with van der Waals surface area (Å²) in [5.74, 6) is 0.955. The molecule has 0 unspecified atom stereocenters. The van der Waals surface area contributed by atoms with Gasteiger partial charge in [-0.25, -0.2) is 4.98 Å². The minimum absolute atomic E-state index is 0.0162. The van der Waals surface area contributed by atoms with E-state index in [-0.39, 0.29) is 11.8 Å². The number of benzene rings is 2. The van der Waals surface area contributed by atoms with Crippen molar-refractivity contribution in [1.82, 2.24) is 15.3 Å². The summed E-state index contributed by atoms with van der Waals surface area (Å²) < 4.78 is 0. The fourth-order valence-electron chi connectivity index (χ4n) is 3.54. The van der Waals surface area contributed by atoms with E-state index < -0.39 is 0 Å². The predicted octanol–water partition coefficient (Wildman–Crippen LogP) is 3.47. The number of hydrogen-bond acceptors (Lipinski definition) is 4. The van der Waals surface area contributed by atoms with Crippen molar-refractivity contribution in [2.45, 2.75) is 26.3 Å². The summed E-state index contributed by atoms with van der Waals surface area (Å²) >= 11 is 0. The maximum Gasteiger partial charge on any atom is 0.225 e. The second-order valence-corrected chi connectivity index (χ2v) is 7.21. The molecule has 2 heterocycles. The van der Waals surface area contributed by atoms with Crippen molar-refractivity contribution in [3.63, 3.8) is 0 Å². The van der Waals surface area contributed by atoms with E-state index in [9.17, 15) is 4.79 Å². The summed E-state index contributed by atoms with van der Waals surface area (Å²) in [6.07, 6.45) is 3.71. The van der Waals surface area contributed by atoms with Gasteiger partial charge in [-0.05, 0) is 37.5 Å². The first-order chi connectivity index (χ1) is 13.2. The molecule has 2 aromatic carbocycles. The van der Waals surface area contributed by atoms with Gasteiger partial charge in [-0.2, -0.15) is 0 Å². The summed E-state index contributed by atoms with van der Waals surface area (Å²) in [7, 11) is 0. The third kappa shape index (κ3) is 4.08. The zero-order valence-electron chi connectivity index (χ0n) is 15.6. The molecule has 5 nitrogen and oxygen atoms in total. The molecule has 0 aliphatic carbocycles. The molecule has 1 aliphatic rings. The van der Waals surface area contributed by atoms with Crippen LogP contribution in [0.4, 0.5) is 5.82 Å². The van der Waals surface area contributed by atoms with E-state index in [1.54, 1.807) is 0 Å². The minimum Gasteiger partial charge on any atom is -0.355 e. The van der Waals surface area contributed by atoms with Gasteiger partial charge in [-0.1, -0.05) is 42.0 Å². The van der Waals surface area contributed by atoms with Gasteiger partial charge in [0, 0.05) is 19.6 Å². The smallest absolute Gasteiger partial charge is 0.225 e. The zero-order chi connectivity index (χ0) is 18.6. The van der Waals surface area contributed by atoms with Gasteiger partial charge in [0.2, 0.25) is 5.91 Å². The standard InChI is InChI=1S/C22H24N4O/c1-16-8-10-17(11-9-16)13-24-22(27)18-5-4-12-26(15-18)21-14-23-19-6-2-3-7-20(19)25-21/h2-3,6-11,14,18H,4-5,12-13,15H2,1H3,(H,24,27)/t18-/m0/s1. The van der Waals surface area contributed by atoms with Crippen molar-refractivity contribution in [1.29, 1.82) is 0 Å². The van der Waals surface area contributed by atoms with Gasteiger partial charge in [0.1, 0.15) is 5.82 Å². The molecule has 4 rings (SSSR count). The number of anilines is 1. The first kappa shape index (κ1) is 17.5. The molecule has 1 aromatic heterocycles.